The molecule has 0 amide bonds. The van der Waals surface area contributed by atoms with Crippen LogP contribution in [0.25, 0.3) is 0 Å². The minimum atomic E-state index is 0.375. The number of aryl methyl sites for hydroxylation is 2. The molecule has 6 N–H and O–H groups in total. The molecule has 3 aromatic rings. The second kappa shape index (κ2) is 11.7. The molecular formula is C32H45N3. The molecule has 0 spiro atoms. The van der Waals surface area contributed by atoms with Gasteiger partial charge in [0.15, 0.2) is 0 Å². The molecular weight excluding hydrogens is 426 g/mol. The molecule has 3 rings (SSSR count). The SMILES string of the molecule is Cc1cccc(CCC(C)c2cccc(C(C)CCC(C)c3cccc(C(C)C)c3N)c2N)c1N. The molecule has 0 aromatic heterocycles. The van der Waals surface area contributed by atoms with Gasteiger partial charge in [-0.2, -0.15) is 0 Å². The van der Waals surface area contributed by atoms with Crippen LogP contribution in [0.2, 0.25) is 0 Å². The van der Waals surface area contributed by atoms with Crippen LogP contribution in [0.5, 0.6) is 0 Å². The van der Waals surface area contributed by atoms with Gasteiger partial charge in [0, 0.05) is 17.1 Å². The molecule has 3 atom stereocenters. The summed E-state index contributed by atoms with van der Waals surface area (Å²) in [4.78, 5) is 0. The average Bonchev–Trinajstić information content (AvgIpc) is 2.83. The first-order valence-corrected chi connectivity index (χ1v) is 13.2. The van der Waals surface area contributed by atoms with E-state index in [2.05, 4.69) is 96.1 Å². The van der Waals surface area contributed by atoms with Crippen LogP contribution in [-0.2, 0) is 6.42 Å². The fraction of sp³-hybridized carbons (Fsp3) is 0.438. The van der Waals surface area contributed by atoms with Gasteiger partial charge in [0.25, 0.3) is 0 Å². The molecule has 0 saturated carbocycles. The lowest BCUT2D eigenvalue weighted by Gasteiger charge is -2.23. The van der Waals surface area contributed by atoms with Gasteiger partial charge in [-0.25, -0.2) is 0 Å². The molecule has 3 unspecified atom stereocenters. The minimum Gasteiger partial charge on any atom is -0.398 e. The third-order valence-corrected chi connectivity index (χ3v) is 7.86. The van der Waals surface area contributed by atoms with Gasteiger partial charge in [0.05, 0.1) is 0 Å². The van der Waals surface area contributed by atoms with Crippen LogP contribution < -0.4 is 17.2 Å². The number of anilines is 3. The average molecular weight is 472 g/mol. The standard InChI is InChI=1S/C32H45N3/c1-20(2)26-12-8-13-27(31(26)34)21(3)16-17-22(4)28-14-9-15-29(32(28)35)23(5)18-19-25-11-7-10-24(6)30(25)33/h7-15,20-23H,16-19,33-35H2,1-6H3. The van der Waals surface area contributed by atoms with E-state index < -0.39 is 0 Å². The highest BCUT2D eigenvalue weighted by Gasteiger charge is 2.19. The van der Waals surface area contributed by atoms with Gasteiger partial charge >= 0.3 is 0 Å². The van der Waals surface area contributed by atoms with Gasteiger partial charge in [-0.3, -0.25) is 0 Å². The van der Waals surface area contributed by atoms with E-state index in [4.69, 9.17) is 17.2 Å². The first kappa shape index (κ1) is 26.7. The van der Waals surface area contributed by atoms with Crippen molar-refractivity contribution in [1.29, 1.82) is 0 Å². The molecule has 0 radical (unpaired) electrons. The summed E-state index contributed by atoms with van der Waals surface area (Å²) in [6.45, 7) is 13.3. The van der Waals surface area contributed by atoms with Gasteiger partial charge in [-0.1, -0.05) is 89.2 Å². The molecule has 0 aliphatic carbocycles. The van der Waals surface area contributed by atoms with E-state index in [0.717, 1.165) is 48.3 Å². The van der Waals surface area contributed by atoms with Crippen LogP contribution in [0.3, 0.4) is 0 Å². The van der Waals surface area contributed by atoms with Crippen molar-refractivity contribution in [1.82, 2.24) is 0 Å². The van der Waals surface area contributed by atoms with E-state index >= 15 is 0 Å². The molecule has 0 bridgehead atoms. The largest absolute Gasteiger partial charge is 0.398 e. The lowest BCUT2D eigenvalue weighted by molar-refractivity contribution is 0.574. The number of nitrogens with two attached hydrogens (primary N) is 3. The summed E-state index contributed by atoms with van der Waals surface area (Å²) in [5.74, 6) is 1.62. The summed E-state index contributed by atoms with van der Waals surface area (Å²) in [5.41, 5.74) is 29.9. The van der Waals surface area contributed by atoms with E-state index in [1.54, 1.807) is 0 Å². The molecule has 3 heteroatoms. The van der Waals surface area contributed by atoms with Crippen LogP contribution in [0, 0.1) is 6.92 Å². The zero-order chi connectivity index (χ0) is 25.7. The third-order valence-electron chi connectivity index (χ3n) is 7.86. The lowest BCUT2D eigenvalue weighted by atomic mass is 9.84. The van der Waals surface area contributed by atoms with Crippen molar-refractivity contribution in [2.75, 3.05) is 17.2 Å². The predicted molar refractivity (Wildman–Crippen MR) is 154 cm³/mol. The molecule has 0 fully saturated rings. The summed E-state index contributed by atoms with van der Waals surface area (Å²) in [7, 11) is 0. The Kier molecular flexibility index (Phi) is 8.88. The van der Waals surface area contributed by atoms with Crippen LogP contribution in [0.15, 0.2) is 54.6 Å². The fourth-order valence-corrected chi connectivity index (χ4v) is 5.29. The quantitative estimate of drug-likeness (QED) is 0.260. The predicted octanol–water partition coefficient (Wildman–Crippen LogP) is 8.29. The van der Waals surface area contributed by atoms with Crippen molar-refractivity contribution >= 4 is 17.1 Å². The number of para-hydroxylation sites is 3. The Bertz CT molecular complexity index is 1130. The maximum atomic E-state index is 6.76. The van der Waals surface area contributed by atoms with Crippen LogP contribution in [0.1, 0.15) is 111 Å². The van der Waals surface area contributed by atoms with E-state index in [1.807, 2.05) is 0 Å². The van der Waals surface area contributed by atoms with Crippen LogP contribution in [-0.4, -0.2) is 0 Å². The van der Waals surface area contributed by atoms with E-state index in [9.17, 15) is 0 Å². The Morgan fingerprint density at radius 1 is 0.543 bits per heavy atom. The van der Waals surface area contributed by atoms with Gasteiger partial charge in [-0.15, -0.1) is 0 Å². The van der Waals surface area contributed by atoms with E-state index in [0.29, 0.717) is 23.7 Å². The Hall–Kier alpha value is -2.94. The second-order valence-electron chi connectivity index (χ2n) is 10.8. The summed E-state index contributed by atoms with van der Waals surface area (Å²) in [6.07, 6.45) is 4.15. The monoisotopic (exact) mass is 471 g/mol. The van der Waals surface area contributed by atoms with Crippen LogP contribution in [0.4, 0.5) is 17.1 Å². The maximum Gasteiger partial charge on any atom is 0.0384 e. The number of rotatable bonds is 10. The molecule has 0 aliphatic rings. The second-order valence-corrected chi connectivity index (χ2v) is 10.8. The molecule has 0 heterocycles. The molecule has 0 aliphatic heterocycles. The van der Waals surface area contributed by atoms with Gasteiger partial charge in [0.2, 0.25) is 0 Å². The summed E-state index contributed by atoms with van der Waals surface area (Å²) in [5, 5.41) is 0. The summed E-state index contributed by atoms with van der Waals surface area (Å²) in [6, 6.07) is 19.4. The first-order chi connectivity index (χ1) is 16.6. The highest BCUT2D eigenvalue weighted by Crippen LogP contribution is 2.37. The number of nitrogen functional groups attached to an aromatic ring is 3. The topological polar surface area (TPSA) is 78.1 Å². The number of benzene rings is 3. The normalized spacial score (nSPS) is 14.1. The maximum absolute atomic E-state index is 6.76. The van der Waals surface area contributed by atoms with Crippen molar-refractivity contribution in [2.24, 2.45) is 0 Å². The van der Waals surface area contributed by atoms with Gasteiger partial charge < -0.3 is 17.2 Å². The Balaban J connectivity index is 1.67. The first-order valence-electron chi connectivity index (χ1n) is 13.2. The van der Waals surface area contributed by atoms with Crippen molar-refractivity contribution in [3.63, 3.8) is 0 Å². The van der Waals surface area contributed by atoms with E-state index in [1.165, 1.54) is 27.8 Å². The van der Waals surface area contributed by atoms with Crippen molar-refractivity contribution in [3.8, 4) is 0 Å². The molecule has 35 heavy (non-hydrogen) atoms. The van der Waals surface area contributed by atoms with Gasteiger partial charge in [0.1, 0.15) is 0 Å². The fourth-order valence-electron chi connectivity index (χ4n) is 5.29. The Morgan fingerprint density at radius 3 is 1.49 bits per heavy atom. The zero-order valence-electron chi connectivity index (χ0n) is 22.6. The smallest absolute Gasteiger partial charge is 0.0384 e. The van der Waals surface area contributed by atoms with E-state index in [-0.39, 0.29) is 0 Å². The minimum absolute atomic E-state index is 0.375. The molecule has 0 saturated heterocycles. The molecule has 188 valence electrons. The summed E-state index contributed by atoms with van der Waals surface area (Å²) < 4.78 is 0. The van der Waals surface area contributed by atoms with Crippen LogP contribution >= 0.6 is 0 Å². The summed E-state index contributed by atoms with van der Waals surface area (Å²) >= 11 is 0. The number of hydrogen-bond acceptors (Lipinski definition) is 3. The zero-order valence-corrected chi connectivity index (χ0v) is 22.6. The van der Waals surface area contributed by atoms with Crippen molar-refractivity contribution in [2.45, 2.75) is 90.9 Å². The Morgan fingerprint density at radius 2 is 0.971 bits per heavy atom. The highest BCUT2D eigenvalue weighted by molar-refractivity contribution is 5.58. The van der Waals surface area contributed by atoms with Gasteiger partial charge in [-0.05, 0) is 89.7 Å². The Labute approximate surface area is 213 Å². The van der Waals surface area contributed by atoms with Crippen molar-refractivity contribution < 1.29 is 0 Å². The molecule has 3 aromatic carbocycles. The number of hydrogen-bond donors (Lipinski definition) is 3. The molecule has 3 nitrogen and oxygen atoms in total. The third kappa shape index (κ3) is 6.20. The lowest BCUT2D eigenvalue weighted by Crippen LogP contribution is -2.08. The van der Waals surface area contributed by atoms with Crippen molar-refractivity contribution in [3.05, 3.63) is 88.0 Å². The highest BCUT2D eigenvalue weighted by atomic mass is 14.6.